The Bertz CT molecular complexity index is 615. The normalized spacial score (nSPS) is 10.6. The van der Waals surface area contributed by atoms with Gasteiger partial charge in [-0.3, -0.25) is 4.79 Å². The summed E-state index contributed by atoms with van der Waals surface area (Å²) in [5, 5.41) is 13.3. The van der Waals surface area contributed by atoms with E-state index in [4.69, 9.17) is 5.11 Å². The molecule has 7 nitrogen and oxygen atoms in total. The van der Waals surface area contributed by atoms with Gasteiger partial charge < -0.3 is 10.0 Å². The fourth-order valence-corrected chi connectivity index (χ4v) is 1.89. The lowest BCUT2D eigenvalue weighted by Crippen LogP contribution is -2.23. The maximum absolute atomic E-state index is 11.7. The summed E-state index contributed by atoms with van der Waals surface area (Å²) in [6.07, 6.45) is 1.05. The summed E-state index contributed by atoms with van der Waals surface area (Å²) in [5.41, 5.74) is -1.05. The number of carboxylic acids is 1. The predicted octanol–water partition coefficient (Wildman–Crippen LogP) is -0.0848. The molecule has 0 amide bonds. The molecular weight excluding hydrogens is 232 g/mol. The second kappa shape index (κ2) is 3.56. The number of hydrogen-bond donors (Lipinski definition) is 1. The molecule has 2 aromatic rings. The minimum atomic E-state index is -1.30. The lowest BCUT2D eigenvalue weighted by atomic mass is 10.3. The number of rotatable bonds is 2. The van der Waals surface area contributed by atoms with Gasteiger partial charge in [-0.15, -0.1) is 5.10 Å². The van der Waals surface area contributed by atoms with E-state index in [-0.39, 0.29) is 5.56 Å². The molecule has 0 bridgehead atoms. The van der Waals surface area contributed by atoms with E-state index in [2.05, 4.69) is 10.1 Å². The molecule has 0 saturated carbocycles. The first kappa shape index (κ1) is 10.6. The van der Waals surface area contributed by atoms with Crippen LogP contribution in [0.15, 0.2) is 11.0 Å². The average Bonchev–Trinajstić information content (AvgIpc) is 2.62. The molecule has 0 unspecified atom stereocenters. The minimum Gasteiger partial charge on any atom is -0.477 e. The largest absolute Gasteiger partial charge is 0.477 e. The molecule has 84 valence electrons. The molecule has 0 aliphatic carbocycles. The first-order valence-electron chi connectivity index (χ1n) is 4.30. The van der Waals surface area contributed by atoms with Crippen LogP contribution >= 0.6 is 11.3 Å². The molecule has 2 aromatic heterocycles. The standard InChI is InChI=1S/C8H8N4O3S/c1-11(2)8-10-12-5(13)4(6(14)15)3-9-7(12)16-8/h3H,1-2H3,(H,14,15). The van der Waals surface area contributed by atoms with E-state index < -0.39 is 11.5 Å². The van der Waals surface area contributed by atoms with Crippen molar-refractivity contribution in [1.29, 1.82) is 0 Å². The maximum atomic E-state index is 11.7. The summed E-state index contributed by atoms with van der Waals surface area (Å²) in [7, 11) is 3.56. The molecule has 0 fully saturated rings. The Morgan fingerprint density at radius 2 is 2.25 bits per heavy atom. The Kier molecular flexibility index (Phi) is 2.35. The van der Waals surface area contributed by atoms with Crippen molar-refractivity contribution in [2.45, 2.75) is 0 Å². The number of fused-ring (bicyclic) bond motifs is 1. The number of aromatic carboxylic acids is 1. The van der Waals surface area contributed by atoms with E-state index in [1.165, 1.54) is 11.3 Å². The van der Waals surface area contributed by atoms with Crippen LogP contribution in [-0.2, 0) is 0 Å². The van der Waals surface area contributed by atoms with Gasteiger partial charge in [0.15, 0.2) is 0 Å². The third-order valence-electron chi connectivity index (χ3n) is 1.89. The van der Waals surface area contributed by atoms with Crippen LogP contribution in [0.4, 0.5) is 5.13 Å². The fraction of sp³-hybridized carbons (Fsp3) is 0.250. The Hall–Kier alpha value is -1.96. The van der Waals surface area contributed by atoms with Crippen LogP contribution in [0.1, 0.15) is 10.4 Å². The monoisotopic (exact) mass is 240 g/mol. The van der Waals surface area contributed by atoms with Gasteiger partial charge in [-0.2, -0.15) is 4.52 Å². The zero-order chi connectivity index (χ0) is 11.9. The maximum Gasteiger partial charge on any atom is 0.343 e. The van der Waals surface area contributed by atoms with Gasteiger partial charge in [-0.25, -0.2) is 9.78 Å². The quantitative estimate of drug-likeness (QED) is 0.789. The molecule has 0 atom stereocenters. The van der Waals surface area contributed by atoms with Crippen LogP contribution in [0.25, 0.3) is 4.96 Å². The van der Waals surface area contributed by atoms with Crippen molar-refractivity contribution in [3.05, 3.63) is 22.1 Å². The van der Waals surface area contributed by atoms with E-state index in [0.717, 1.165) is 10.7 Å². The third kappa shape index (κ3) is 1.52. The third-order valence-corrected chi connectivity index (χ3v) is 2.98. The van der Waals surface area contributed by atoms with Gasteiger partial charge in [0.2, 0.25) is 10.1 Å². The Balaban J connectivity index is 2.75. The van der Waals surface area contributed by atoms with Crippen molar-refractivity contribution < 1.29 is 9.90 Å². The summed E-state index contributed by atoms with van der Waals surface area (Å²) in [5.74, 6) is -1.30. The number of aromatic nitrogens is 3. The molecule has 0 aliphatic rings. The van der Waals surface area contributed by atoms with E-state index in [1.807, 2.05) is 0 Å². The summed E-state index contributed by atoms with van der Waals surface area (Å²) in [4.78, 5) is 28.4. The van der Waals surface area contributed by atoms with E-state index >= 15 is 0 Å². The highest BCUT2D eigenvalue weighted by molar-refractivity contribution is 7.20. The molecule has 2 heterocycles. The molecule has 0 aromatic carbocycles. The van der Waals surface area contributed by atoms with Crippen molar-refractivity contribution in [3.63, 3.8) is 0 Å². The summed E-state index contributed by atoms with van der Waals surface area (Å²) >= 11 is 1.21. The summed E-state index contributed by atoms with van der Waals surface area (Å²) in [6, 6.07) is 0. The van der Waals surface area contributed by atoms with Crippen LogP contribution in [-0.4, -0.2) is 39.8 Å². The van der Waals surface area contributed by atoms with Crippen molar-refractivity contribution in [2.75, 3.05) is 19.0 Å². The smallest absolute Gasteiger partial charge is 0.343 e. The molecule has 0 saturated heterocycles. The minimum absolute atomic E-state index is 0.374. The van der Waals surface area contributed by atoms with Gasteiger partial charge in [0.05, 0.1) is 6.20 Å². The van der Waals surface area contributed by atoms with Gasteiger partial charge in [-0.1, -0.05) is 11.3 Å². The topological polar surface area (TPSA) is 87.8 Å². The Labute approximate surface area is 93.6 Å². The van der Waals surface area contributed by atoms with E-state index in [0.29, 0.717) is 10.1 Å². The van der Waals surface area contributed by atoms with Crippen molar-refractivity contribution >= 4 is 27.4 Å². The summed E-state index contributed by atoms with van der Waals surface area (Å²) in [6.45, 7) is 0. The zero-order valence-electron chi connectivity index (χ0n) is 8.54. The molecule has 1 N–H and O–H groups in total. The summed E-state index contributed by atoms with van der Waals surface area (Å²) < 4.78 is 1.00. The van der Waals surface area contributed by atoms with Gasteiger partial charge in [0.25, 0.3) is 5.56 Å². The van der Waals surface area contributed by atoms with Crippen LogP contribution in [0, 0.1) is 0 Å². The first-order valence-corrected chi connectivity index (χ1v) is 5.12. The zero-order valence-corrected chi connectivity index (χ0v) is 9.35. The lowest BCUT2D eigenvalue weighted by molar-refractivity contribution is 0.0694. The lowest BCUT2D eigenvalue weighted by Gasteiger charge is -2.03. The number of carboxylic acid groups (broad SMARTS) is 1. The van der Waals surface area contributed by atoms with Gasteiger partial charge >= 0.3 is 5.97 Å². The van der Waals surface area contributed by atoms with Crippen molar-refractivity contribution in [1.82, 2.24) is 14.6 Å². The van der Waals surface area contributed by atoms with Crippen LogP contribution in [0.5, 0.6) is 0 Å². The van der Waals surface area contributed by atoms with Gasteiger partial charge in [-0.05, 0) is 0 Å². The molecule has 0 radical (unpaired) electrons. The number of anilines is 1. The van der Waals surface area contributed by atoms with Crippen molar-refractivity contribution in [2.24, 2.45) is 0 Å². The Morgan fingerprint density at radius 3 is 2.81 bits per heavy atom. The molecule has 8 heteroatoms. The predicted molar refractivity (Wildman–Crippen MR) is 58.4 cm³/mol. The van der Waals surface area contributed by atoms with Crippen LogP contribution in [0.3, 0.4) is 0 Å². The highest BCUT2D eigenvalue weighted by atomic mass is 32.1. The highest BCUT2D eigenvalue weighted by Crippen LogP contribution is 2.18. The molecule has 2 rings (SSSR count). The molecule has 16 heavy (non-hydrogen) atoms. The van der Waals surface area contributed by atoms with Gasteiger partial charge in [0, 0.05) is 14.1 Å². The van der Waals surface area contributed by atoms with Crippen LogP contribution < -0.4 is 10.5 Å². The molecule has 0 aliphatic heterocycles. The van der Waals surface area contributed by atoms with Gasteiger partial charge in [0.1, 0.15) is 5.56 Å². The molecular formula is C8H8N4O3S. The number of nitrogens with zero attached hydrogens (tertiary/aromatic N) is 4. The second-order valence-electron chi connectivity index (χ2n) is 3.26. The Morgan fingerprint density at radius 1 is 1.56 bits per heavy atom. The number of hydrogen-bond acceptors (Lipinski definition) is 6. The second-order valence-corrected chi connectivity index (χ2v) is 4.19. The first-order chi connectivity index (χ1) is 7.50. The SMILES string of the molecule is CN(C)c1nn2c(=O)c(C(=O)O)cnc2s1. The van der Waals surface area contributed by atoms with Crippen LogP contribution in [0.2, 0.25) is 0 Å². The molecule has 0 spiro atoms. The van der Waals surface area contributed by atoms with Crippen molar-refractivity contribution in [3.8, 4) is 0 Å². The number of carbonyl (C=O) groups is 1. The van der Waals surface area contributed by atoms with E-state index in [9.17, 15) is 9.59 Å². The highest BCUT2D eigenvalue weighted by Gasteiger charge is 2.15. The average molecular weight is 240 g/mol. The fourth-order valence-electron chi connectivity index (χ4n) is 1.10. The van der Waals surface area contributed by atoms with E-state index in [1.54, 1.807) is 19.0 Å².